The Balaban J connectivity index is 1.33. The second kappa shape index (κ2) is 10.4. The fourth-order valence-electron chi connectivity index (χ4n) is 4.86. The summed E-state index contributed by atoms with van der Waals surface area (Å²) >= 11 is 0. The van der Waals surface area contributed by atoms with Crippen LogP contribution in [0.1, 0.15) is 46.7 Å². The molecule has 0 aliphatic carbocycles. The minimum atomic E-state index is -0.650. The van der Waals surface area contributed by atoms with Gasteiger partial charge in [-0.05, 0) is 43.9 Å². The van der Waals surface area contributed by atoms with Crippen LogP contribution in [0.5, 0.6) is 5.75 Å². The Kier molecular flexibility index (Phi) is 6.92. The molecule has 10 nitrogen and oxygen atoms in total. The van der Waals surface area contributed by atoms with E-state index in [1.807, 2.05) is 35.1 Å². The number of nitrogens with one attached hydrogen (secondary N) is 1. The summed E-state index contributed by atoms with van der Waals surface area (Å²) in [5, 5.41) is 11.8. The monoisotopic (exact) mass is 489 g/mol. The quantitative estimate of drug-likeness (QED) is 0.556. The number of ether oxygens (including phenoxy) is 1. The molecule has 10 heteroatoms. The first-order valence-electron chi connectivity index (χ1n) is 12.5. The molecule has 0 unspecified atom stereocenters. The van der Waals surface area contributed by atoms with Crippen molar-refractivity contribution in [3.63, 3.8) is 0 Å². The molecule has 36 heavy (non-hydrogen) atoms. The standard InChI is InChI=1S/C26H31N7O3/c1-19-28-16-21(17-29-19)24(34)32-12-8-26(9-13-32)15-22-18-33(31-30-22)11-2-14-36-23-5-3-20(4-6-23)7-10-27-25(26)35/h3-6,16-18H,2,7-15H2,1H3,(H,27,35). The fourth-order valence-corrected chi connectivity index (χ4v) is 4.86. The molecule has 1 spiro atoms. The summed E-state index contributed by atoms with van der Waals surface area (Å²) in [6, 6.07) is 8.02. The van der Waals surface area contributed by atoms with Crippen molar-refractivity contribution in [3.8, 4) is 5.75 Å². The summed E-state index contributed by atoms with van der Waals surface area (Å²) in [6.07, 6.45) is 8.16. The van der Waals surface area contributed by atoms with Crippen molar-refractivity contribution in [3.05, 3.63) is 65.5 Å². The number of aromatic nitrogens is 5. The van der Waals surface area contributed by atoms with Crippen LogP contribution in [0.4, 0.5) is 0 Å². The van der Waals surface area contributed by atoms with E-state index in [1.54, 1.807) is 24.2 Å². The lowest BCUT2D eigenvalue weighted by Gasteiger charge is -2.40. The molecule has 3 aromatic rings. The average Bonchev–Trinajstić information content (AvgIpc) is 3.34. The van der Waals surface area contributed by atoms with Gasteiger partial charge in [-0.15, -0.1) is 5.10 Å². The van der Waals surface area contributed by atoms with Crippen molar-refractivity contribution in [2.24, 2.45) is 5.41 Å². The van der Waals surface area contributed by atoms with E-state index in [1.165, 1.54) is 0 Å². The van der Waals surface area contributed by atoms with Gasteiger partial charge in [-0.2, -0.15) is 0 Å². The van der Waals surface area contributed by atoms with Gasteiger partial charge in [0, 0.05) is 57.6 Å². The molecule has 4 bridgehead atoms. The molecule has 0 atom stereocenters. The van der Waals surface area contributed by atoms with Crippen LogP contribution in [-0.4, -0.2) is 67.9 Å². The lowest BCUT2D eigenvalue weighted by molar-refractivity contribution is -0.133. The van der Waals surface area contributed by atoms with Crippen molar-refractivity contribution >= 4 is 11.8 Å². The highest BCUT2D eigenvalue weighted by Gasteiger charge is 2.43. The maximum absolute atomic E-state index is 13.6. The van der Waals surface area contributed by atoms with Gasteiger partial charge < -0.3 is 15.0 Å². The molecule has 188 valence electrons. The normalized spacial score (nSPS) is 18.4. The highest BCUT2D eigenvalue weighted by atomic mass is 16.5. The second-order valence-corrected chi connectivity index (χ2v) is 9.59. The van der Waals surface area contributed by atoms with E-state index in [2.05, 4.69) is 25.6 Å². The number of rotatable bonds is 1. The van der Waals surface area contributed by atoms with Gasteiger partial charge in [-0.1, -0.05) is 17.3 Å². The SMILES string of the molecule is Cc1ncc(C(=O)N2CCC3(CC2)Cc2cn(nn2)CCCOc2ccc(cc2)CCNC3=O)cn1. The average molecular weight is 490 g/mol. The predicted molar refractivity (Wildman–Crippen MR) is 131 cm³/mol. The first kappa shape index (κ1) is 23.9. The zero-order valence-electron chi connectivity index (χ0n) is 20.5. The Morgan fingerprint density at radius 3 is 2.58 bits per heavy atom. The van der Waals surface area contributed by atoms with E-state index in [4.69, 9.17) is 4.74 Å². The van der Waals surface area contributed by atoms with Crippen LogP contribution in [0.25, 0.3) is 0 Å². The topological polar surface area (TPSA) is 115 Å². The van der Waals surface area contributed by atoms with Crippen molar-refractivity contribution < 1.29 is 14.3 Å². The van der Waals surface area contributed by atoms with Gasteiger partial charge in [0.25, 0.3) is 5.91 Å². The lowest BCUT2D eigenvalue weighted by atomic mass is 9.74. The first-order chi connectivity index (χ1) is 17.5. The van der Waals surface area contributed by atoms with Crippen molar-refractivity contribution in [1.82, 2.24) is 35.2 Å². The molecule has 0 saturated carbocycles. The van der Waals surface area contributed by atoms with E-state index >= 15 is 0 Å². The third kappa shape index (κ3) is 5.37. The number of piperidine rings is 1. The van der Waals surface area contributed by atoms with Gasteiger partial charge in [0.15, 0.2) is 0 Å². The molecule has 1 fully saturated rings. The number of nitrogens with zero attached hydrogens (tertiary/aromatic N) is 6. The summed E-state index contributed by atoms with van der Waals surface area (Å²) in [5.74, 6) is 1.36. The van der Waals surface area contributed by atoms with Gasteiger partial charge in [0.05, 0.1) is 23.3 Å². The summed E-state index contributed by atoms with van der Waals surface area (Å²) < 4.78 is 7.64. The number of amides is 2. The summed E-state index contributed by atoms with van der Waals surface area (Å²) in [6.45, 7) is 4.56. The molecule has 2 amide bonds. The molecular weight excluding hydrogens is 458 g/mol. The summed E-state index contributed by atoms with van der Waals surface area (Å²) in [7, 11) is 0. The maximum Gasteiger partial charge on any atom is 0.256 e. The zero-order valence-corrected chi connectivity index (χ0v) is 20.5. The third-order valence-corrected chi connectivity index (χ3v) is 7.05. The number of fused-ring (bicyclic) bond motifs is 8. The van der Waals surface area contributed by atoms with Crippen LogP contribution in [-0.2, 0) is 24.2 Å². The highest BCUT2D eigenvalue weighted by Crippen LogP contribution is 2.36. The van der Waals surface area contributed by atoms with E-state index < -0.39 is 5.41 Å². The Morgan fingerprint density at radius 2 is 1.83 bits per heavy atom. The van der Waals surface area contributed by atoms with E-state index in [-0.39, 0.29) is 11.8 Å². The number of likely N-dealkylation sites (tertiary alicyclic amines) is 1. The van der Waals surface area contributed by atoms with E-state index in [0.29, 0.717) is 63.4 Å². The number of carbonyl (C=O) groups excluding carboxylic acids is 2. The molecule has 5 heterocycles. The molecule has 1 saturated heterocycles. The third-order valence-electron chi connectivity index (χ3n) is 7.05. The molecule has 3 aliphatic heterocycles. The van der Waals surface area contributed by atoms with Crippen LogP contribution < -0.4 is 10.1 Å². The van der Waals surface area contributed by atoms with Gasteiger partial charge >= 0.3 is 0 Å². The maximum atomic E-state index is 13.6. The van der Waals surface area contributed by atoms with Crippen molar-refractivity contribution in [2.75, 3.05) is 26.2 Å². The number of benzene rings is 1. The van der Waals surface area contributed by atoms with Crippen LogP contribution in [0.3, 0.4) is 0 Å². The Bertz CT molecular complexity index is 1200. The summed E-state index contributed by atoms with van der Waals surface area (Å²) in [5.41, 5.74) is 1.74. The predicted octanol–water partition coefficient (Wildman–Crippen LogP) is 1.98. The molecule has 1 aromatic carbocycles. The van der Waals surface area contributed by atoms with E-state index in [0.717, 1.165) is 29.8 Å². The number of hydrogen-bond acceptors (Lipinski definition) is 7. The van der Waals surface area contributed by atoms with Crippen LogP contribution in [0, 0.1) is 12.3 Å². The first-order valence-corrected chi connectivity index (χ1v) is 12.5. The molecular formula is C26H31N7O3. The molecule has 6 rings (SSSR count). The van der Waals surface area contributed by atoms with Crippen molar-refractivity contribution in [1.29, 1.82) is 0 Å². The summed E-state index contributed by atoms with van der Waals surface area (Å²) in [4.78, 5) is 36.7. The Hall–Kier alpha value is -3.82. The smallest absolute Gasteiger partial charge is 0.256 e. The molecule has 1 N–H and O–H groups in total. The lowest BCUT2D eigenvalue weighted by Crippen LogP contribution is -2.51. The van der Waals surface area contributed by atoms with E-state index in [9.17, 15) is 9.59 Å². The Labute approximate surface area is 210 Å². The number of hydrogen-bond donors (Lipinski definition) is 1. The largest absolute Gasteiger partial charge is 0.494 e. The van der Waals surface area contributed by atoms with Gasteiger partial charge in [0.1, 0.15) is 11.6 Å². The fraction of sp³-hybridized carbons (Fsp3) is 0.462. The minimum absolute atomic E-state index is 0.00656. The zero-order chi connectivity index (χ0) is 25.0. The second-order valence-electron chi connectivity index (χ2n) is 9.59. The highest BCUT2D eigenvalue weighted by molar-refractivity contribution is 5.94. The van der Waals surface area contributed by atoms with Crippen LogP contribution >= 0.6 is 0 Å². The Morgan fingerprint density at radius 1 is 1.08 bits per heavy atom. The van der Waals surface area contributed by atoms with Gasteiger partial charge in [-0.3, -0.25) is 14.3 Å². The molecule has 0 radical (unpaired) electrons. The molecule has 2 aromatic heterocycles. The number of carbonyl (C=O) groups is 2. The van der Waals surface area contributed by atoms with Crippen LogP contribution in [0.2, 0.25) is 0 Å². The van der Waals surface area contributed by atoms with Crippen molar-refractivity contribution in [2.45, 2.75) is 45.6 Å². The molecule has 3 aliphatic rings. The minimum Gasteiger partial charge on any atom is -0.494 e. The number of aryl methyl sites for hydroxylation is 2. The van der Waals surface area contributed by atoms with Crippen LogP contribution in [0.15, 0.2) is 42.9 Å². The van der Waals surface area contributed by atoms with Gasteiger partial charge in [0.2, 0.25) is 5.91 Å². The van der Waals surface area contributed by atoms with Gasteiger partial charge in [-0.25, -0.2) is 9.97 Å².